The second kappa shape index (κ2) is 7.47. The van der Waals surface area contributed by atoms with Crippen LogP contribution < -0.4 is 0 Å². The van der Waals surface area contributed by atoms with Crippen LogP contribution in [0, 0.1) is 5.92 Å². The Morgan fingerprint density at radius 2 is 1.88 bits per heavy atom. The number of carbonyl (C=O) groups is 1. The molecule has 4 heteroatoms. The minimum absolute atomic E-state index is 0.0174. The molecule has 0 spiro atoms. The van der Waals surface area contributed by atoms with Crippen molar-refractivity contribution in [2.24, 2.45) is 5.92 Å². The number of carbonyl (C=O) groups excluding carboxylic acids is 1. The molecule has 2 bridgehead atoms. The summed E-state index contributed by atoms with van der Waals surface area (Å²) in [5, 5.41) is 0. The van der Waals surface area contributed by atoms with Crippen LogP contribution in [0.15, 0.2) is 23.3 Å². The number of epoxide rings is 1. The van der Waals surface area contributed by atoms with Gasteiger partial charge in [-0.25, -0.2) is 0 Å². The van der Waals surface area contributed by atoms with Gasteiger partial charge in [0.2, 0.25) is 0 Å². The van der Waals surface area contributed by atoms with E-state index in [9.17, 15) is 4.79 Å². The Balaban J connectivity index is 1.91. The van der Waals surface area contributed by atoms with E-state index in [-0.39, 0.29) is 23.8 Å². The third kappa shape index (κ3) is 4.40. The first-order valence-electron chi connectivity index (χ1n) is 10.0. The topological polar surface area (TPSA) is 48.1 Å². The van der Waals surface area contributed by atoms with Gasteiger partial charge in [0.15, 0.2) is 0 Å². The van der Waals surface area contributed by atoms with Crippen molar-refractivity contribution < 1.29 is 19.0 Å². The summed E-state index contributed by atoms with van der Waals surface area (Å²) in [5.74, 6) is 0.139. The van der Waals surface area contributed by atoms with Crippen molar-refractivity contribution in [2.45, 2.75) is 96.6 Å². The van der Waals surface area contributed by atoms with Crippen molar-refractivity contribution in [2.75, 3.05) is 6.61 Å². The monoisotopic (exact) mass is 362 g/mol. The summed E-state index contributed by atoms with van der Waals surface area (Å²) in [6.45, 7) is 11.0. The van der Waals surface area contributed by atoms with Crippen LogP contribution in [0.4, 0.5) is 0 Å². The zero-order valence-electron chi connectivity index (χ0n) is 17.0. The number of fused-ring (bicyclic) bond motifs is 2. The Morgan fingerprint density at radius 3 is 2.54 bits per heavy atom. The molecule has 5 atom stereocenters. The summed E-state index contributed by atoms with van der Waals surface area (Å²) in [7, 11) is 0. The van der Waals surface area contributed by atoms with E-state index in [1.807, 2.05) is 0 Å². The van der Waals surface area contributed by atoms with Gasteiger partial charge in [-0.05, 0) is 66.2 Å². The van der Waals surface area contributed by atoms with Gasteiger partial charge in [0.1, 0.15) is 11.7 Å². The maximum Gasteiger partial charge on any atom is 0.303 e. The molecule has 4 nitrogen and oxygen atoms in total. The molecule has 0 aromatic rings. The minimum Gasteiger partial charge on any atom is -0.459 e. The zero-order valence-corrected chi connectivity index (χ0v) is 17.0. The zero-order chi connectivity index (χ0) is 18.9. The predicted molar refractivity (Wildman–Crippen MR) is 102 cm³/mol. The van der Waals surface area contributed by atoms with E-state index in [2.05, 4.69) is 39.8 Å². The molecule has 0 amide bonds. The van der Waals surface area contributed by atoms with Gasteiger partial charge in [0.05, 0.1) is 18.3 Å². The van der Waals surface area contributed by atoms with Gasteiger partial charge < -0.3 is 14.2 Å². The van der Waals surface area contributed by atoms with Gasteiger partial charge in [0, 0.05) is 12.8 Å². The van der Waals surface area contributed by atoms with Crippen molar-refractivity contribution in [1.29, 1.82) is 0 Å². The first-order chi connectivity index (χ1) is 12.2. The first-order valence-corrected chi connectivity index (χ1v) is 10.0. The highest BCUT2D eigenvalue weighted by atomic mass is 16.6. The van der Waals surface area contributed by atoms with Gasteiger partial charge in [-0.15, -0.1) is 0 Å². The maximum absolute atomic E-state index is 11.7. The quantitative estimate of drug-likeness (QED) is 0.405. The molecule has 0 aromatic carbocycles. The number of hydrogen-bond donors (Lipinski definition) is 0. The van der Waals surface area contributed by atoms with E-state index in [0.29, 0.717) is 5.92 Å². The molecule has 0 aliphatic carbocycles. The Hall–Kier alpha value is -1.13. The first kappa shape index (κ1) is 19.6. The normalized spacial score (nSPS) is 45.2. The highest BCUT2D eigenvalue weighted by Crippen LogP contribution is 2.48. The number of ether oxygens (including phenoxy) is 3. The number of rotatable bonds is 2. The Bertz CT molecular complexity index is 601. The standard InChI is InChI=1S/C22H34O4/c1-15-7-6-8-16(2)13-19-18(22(5)14-24-22)11-12-21(4,26-19)20(10-9-15)25-17(3)23/h7,13,18-20H,6,8-12,14H2,1-5H3/b15-7+,16-13-/t18-,19+,20+,21+,22?/m0/s1. The summed E-state index contributed by atoms with van der Waals surface area (Å²) >= 11 is 0. The van der Waals surface area contributed by atoms with E-state index in [1.165, 1.54) is 18.1 Å². The van der Waals surface area contributed by atoms with Crippen LogP contribution in [0.2, 0.25) is 0 Å². The average Bonchev–Trinajstić information content (AvgIpc) is 3.28. The Kier molecular flexibility index (Phi) is 5.64. The third-order valence-electron chi connectivity index (χ3n) is 6.41. The molecular formula is C22H34O4. The molecule has 3 aliphatic heterocycles. The van der Waals surface area contributed by atoms with Crippen LogP contribution >= 0.6 is 0 Å². The molecular weight excluding hydrogens is 328 g/mol. The van der Waals surface area contributed by atoms with Gasteiger partial charge in [-0.3, -0.25) is 4.79 Å². The minimum atomic E-state index is -0.450. The van der Waals surface area contributed by atoms with E-state index in [0.717, 1.165) is 45.1 Å². The summed E-state index contributed by atoms with van der Waals surface area (Å²) in [5.41, 5.74) is 2.21. The lowest BCUT2D eigenvalue weighted by Crippen LogP contribution is -2.53. The van der Waals surface area contributed by atoms with Crippen LogP contribution in [0.1, 0.15) is 73.1 Å². The summed E-state index contributed by atoms with van der Waals surface area (Å²) in [6, 6.07) is 0. The lowest BCUT2D eigenvalue weighted by Gasteiger charge is -2.47. The SMILES string of the molecule is CC(=O)O[C@@H]1CC/C(C)=C/CC/C(C)=C\[C@H]2O[C@]1(C)CC[C@@H]2C1(C)CO1. The molecule has 3 aliphatic rings. The molecule has 146 valence electrons. The van der Waals surface area contributed by atoms with Gasteiger partial charge >= 0.3 is 5.97 Å². The van der Waals surface area contributed by atoms with Crippen LogP contribution in [0.25, 0.3) is 0 Å². The fourth-order valence-electron chi connectivity index (χ4n) is 4.49. The molecule has 0 saturated carbocycles. The maximum atomic E-state index is 11.7. The highest BCUT2D eigenvalue weighted by molar-refractivity contribution is 5.66. The summed E-state index contributed by atoms with van der Waals surface area (Å²) in [4.78, 5) is 11.7. The van der Waals surface area contributed by atoms with Gasteiger partial charge in [-0.2, -0.15) is 0 Å². The van der Waals surface area contributed by atoms with Crippen molar-refractivity contribution in [3.8, 4) is 0 Å². The smallest absolute Gasteiger partial charge is 0.303 e. The molecule has 2 saturated heterocycles. The van der Waals surface area contributed by atoms with Crippen LogP contribution in [0.5, 0.6) is 0 Å². The molecule has 2 fully saturated rings. The van der Waals surface area contributed by atoms with Crippen molar-refractivity contribution in [1.82, 2.24) is 0 Å². The molecule has 3 rings (SSSR count). The predicted octanol–water partition coefficient (Wildman–Crippen LogP) is 4.73. The Labute approximate surface area is 158 Å². The Morgan fingerprint density at radius 1 is 1.15 bits per heavy atom. The van der Waals surface area contributed by atoms with Crippen LogP contribution in [-0.4, -0.2) is 36.0 Å². The molecule has 1 unspecified atom stereocenters. The fourth-order valence-corrected chi connectivity index (χ4v) is 4.49. The second-order valence-corrected chi connectivity index (χ2v) is 8.88. The van der Waals surface area contributed by atoms with E-state index in [4.69, 9.17) is 14.2 Å². The molecule has 3 heterocycles. The van der Waals surface area contributed by atoms with Crippen molar-refractivity contribution >= 4 is 5.97 Å². The molecule has 0 aromatic heterocycles. The summed E-state index contributed by atoms with van der Waals surface area (Å²) in [6.07, 6.45) is 10.2. The van der Waals surface area contributed by atoms with Crippen LogP contribution in [-0.2, 0) is 19.0 Å². The van der Waals surface area contributed by atoms with Gasteiger partial charge in [0.25, 0.3) is 0 Å². The van der Waals surface area contributed by atoms with E-state index < -0.39 is 5.60 Å². The third-order valence-corrected chi connectivity index (χ3v) is 6.41. The second-order valence-electron chi connectivity index (χ2n) is 8.88. The highest BCUT2D eigenvalue weighted by Gasteiger charge is 2.55. The van der Waals surface area contributed by atoms with Crippen LogP contribution in [0.3, 0.4) is 0 Å². The lowest BCUT2D eigenvalue weighted by atomic mass is 9.76. The number of allylic oxidation sites excluding steroid dienone is 3. The average molecular weight is 363 g/mol. The summed E-state index contributed by atoms with van der Waals surface area (Å²) < 4.78 is 18.2. The fraction of sp³-hybridized carbons (Fsp3) is 0.773. The van der Waals surface area contributed by atoms with Crippen molar-refractivity contribution in [3.63, 3.8) is 0 Å². The molecule has 0 radical (unpaired) electrons. The van der Waals surface area contributed by atoms with E-state index >= 15 is 0 Å². The number of hydrogen-bond acceptors (Lipinski definition) is 4. The van der Waals surface area contributed by atoms with E-state index in [1.54, 1.807) is 0 Å². The van der Waals surface area contributed by atoms with Gasteiger partial charge in [-0.1, -0.05) is 23.3 Å². The molecule has 0 N–H and O–H groups in total. The van der Waals surface area contributed by atoms with Crippen molar-refractivity contribution in [3.05, 3.63) is 23.3 Å². The lowest BCUT2D eigenvalue weighted by molar-refractivity contribution is -0.202. The molecule has 26 heavy (non-hydrogen) atoms. The number of esters is 1. The largest absolute Gasteiger partial charge is 0.459 e.